The third kappa shape index (κ3) is 2.00. The zero-order valence-corrected chi connectivity index (χ0v) is 5.66. The molecule has 0 radical (unpaired) electrons. The van der Waals surface area contributed by atoms with Crippen LogP contribution in [0.25, 0.3) is 0 Å². The molecule has 4 heteroatoms. The standard InChI is InChI=1S/C7H6FNO2/c8-5-11-7(10)6-2-1-3-9-4-6/h1-4H,5H2. The Morgan fingerprint density at radius 1 is 1.73 bits per heavy atom. The van der Waals surface area contributed by atoms with Gasteiger partial charge in [-0.3, -0.25) is 4.98 Å². The first-order valence-electron chi connectivity index (χ1n) is 2.97. The summed E-state index contributed by atoms with van der Waals surface area (Å²) in [6, 6.07) is 3.08. The lowest BCUT2D eigenvalue weighted by atomic mass is 10.3. The van der Waals surface area contributed by atoms with Gasteiger partial charge in [-0.1, -0.05) is 0 Å². The van der Waals surface area contributed by atoms with E-state index < -0.39 is 12.8 Å². The molecule has 58 valence electrons. The number of nitrogens with zero attached hydrogens (tertiary/aromatic N) is 1. The molecule has 0 atom stereocenters. The van der Waals surface area contributed by atoms with Gasteiger partial charge in [0.25, 0.3) is 0 Å². The molecule has 0 N–H and O–H groups in total. The monoisotopic (exact) mass is 155 g/mol. The molecule has 1 rings (SSSR count). The lowest BCUT2D eigenvalue weighted by molar-refractivity contribution is 0.0324. The van der Waals surface area contributed by atoms with Crippen molar-refractivity contribution in [2.45, 2.75) is 0 Å². The van der Waals surface area contributed by atoms with Gasteiger partial charge in [0.1, 0.15) is 0 Å². The maximum Gasteiger partial charge on any atom is 0.342 e. The molecule has 0 aliphatic heterocycles. The maximum absolute atomic E-state index is 11.5. The summed E-state index contributed by atoms with van der Waals surface area (Å²) >= 11 is 0. The molecule has 11 heavy (non-hydrogen) atoms. The van der Waals surface area contributed by atoms with Crippen molar-refractivity contribution in [2.24, 2.45) is 0 Å². The fourth-order valence-corrected chi connectivity index (χ4v) is 0.616. The number of hydrogen-bond acceptors (Lipinski definition) is 3. The molecule has 0 aliphatic carbocycles. The van der Waals surface area contributed by atoms with E-state index in [1.54, 1.807) is 6.07 Å². The van der Waals surface area contributed by atoms with Gasteiger partial charge in [0, 0.05) is 12.4 Å². The van der Waals surface area contributed by atoms with Crippen LogP contribution in [-0.2, 0) is 4.74 Å². The van der Waals surface area contributed by atoms with Gasteiger partial charge in [0.2, 0.25) is 6.86 Å². The number of rotatable bonds is 2. The van der Waals surface area contributed by atoms with Crippen LogP contribution >= 0.6 is 0 Å². The van der Waals surface area contributed by atoms with Crippen molar-refractivity contribution < 1.29 is 13.9 Å². The van der Waals surface area contributed by atoms with Crippen molar-refractivity contribution in [3.8, 4) is 0 Å². The number of halogens is 1. The molecule has 0 spiro atoms. The molecule has 0 saturated carbocycles. The Balaban J connectivity index is 2.69. The summed E-state index contributed by atoms with van der Waals surface area (Å²) in [4.78, 5) is 14.4. The van der Waals surface area contributed by atoms with Gasteiger partial charge in [-0.25, -0.2) is 9.18 Å². The number of aromatic nitrogens is 1. The van der Waals surface area contributed by atoms with Gasteiger partial charge < -0.3 is 4.74 Å². The van der Waals surface area contributed by atoms with Crippen LogP contribution < -0.4 is 0 Å². The summed E-state index contributed by atoms with van der Waals surface area (Å²) in [5.74, 6) is -0.694. The SMILES string of the molecule is O=C(OCF)c1cccnc1. The predicted octanol–water partition coefficient (Wildman–Crippen LogP) is 1.17. The topological polar surface area (TPSA) is 39.2 Å². The molecular formula is C7H6FNO2. The molecule has 0 aromatic carbocycles. The number of pyridine rings is 1. The van der Waals surface area contributed by atoms with Gasteiger partial charge in [-0.15, -0.1) is 0 Å². The van der Waals surface area contributed by atoms with Gasteiger partial charge in [0.05, 0.1) is 5.56 Å². The number of carbonyl (C=O) groups is 1. The summed E-state index contributed by atoms with van der Waals surface area (Å²) in [6.07, 6.45) is 2.84. The Kier molecular flexibility index (Phi) is 2.54. The molecule has 0 amide bonds. The van der Waals surface area contributed by atoms with Crippen LogP contribution in [0.15, 0.2) is 24.5 Å². The minimum absolute atomic E-state index is 0.255. The fourth-order valence-electron chi connectivity index (χ4n) is 0.616. The van der Waals surface area contributed by atoms with E-state index in [1.165, 1.54) is 18.5 Å². The van der Waals surface area contributed by atoms with Crippen molar-refractivity contribution in [3.63, 3.8) is 0 Å². The van der Waals surface area contributed by atoms with Crippen LogP contribution in [0.5, 0.6) is 0 Å². The van der Waals surface area contributed by atoms with Crippen molar-refractivity contribution >= 4 is 5.97 Å². The Morgan fingerprint density at radius 2 is 2.55 bits per heavy atom. The normalized spacial score (nSPS) is 9.18. The van der Waals surface area contributed by atoms with Gasteiger partial charge in [-0.2, -0.15) is 0 Å². The predicted molar refractivity (Wildman–Crippen MR) is 35.6 cm³/mol. The first-order valence-corrected chi connectivity index (χ1v) is 2.97. The Labute approximate surface area is 62.8 Å². The summed E-state index contributed by atoms with van der Waals surface area (Å²) in [6.45, 7) is -1.10. The van der Waals surface area contributed by atoms with Crippen molar-refractivity contribution in [1.82, 2.24) is 4.98 Å². The van der Waals surface area contributed by atoms with E-state index in [9.17, 15) is 9.18 Å². The Bertz CT molecular complexity index is 237. The molecular weight excluding hydrogens is 149 g/mol. The zero-order valence-electron chi connectivity index (χ0n) is 5.66. The highest BCUT2D eigenvalue weighted by atomic mass is 19.1. The maximum atomic E-state index is 11.5. The highest BCUT2D eigenvalue weighted by Crippen LogP contribution is 1.97. The van der Waals surface area contributed by atoms with Crippen LogP contribution in [0, 0.1) is 0 Å². The number of esters is 1. The molecule has 0 aliphatic rings. The molecule has 1 aromatic rings. The summed E-state index contributed by atoms with van der Waals surface area (Å²) in [7, 11) is 0. The molecule has 0 unspecified atom stereocenters. The lowest BCUT2D eigenvalue weighted by Crippen LogP contribution is -2.03. The van der Waals surface area contributed by atoms with E-state index in [-0.39, 0.29) is 5.56 Å². The quantitative estimate of drug-likeness (QED) is 0.601. The second kappa shape index (κ2) is 3.65. The first kappa shape index (κ1) is 7.65. The number of hydrogen-bond donors (Lipinski definition) is 0. The molecule has 1 heterocycles. The summed E-state index contributed by atoms with van der Waals surface area (Å²) in [5.41, 5.74) is 0.255. The third-order valence-corrected chi connectivity index (χ3v) is 1.08. The lowest BCUT2D eigenvalue weighted by Gasteiger charge is -1.96. The molecule has 3 nitrogen and oxygen atoms in total. The highest BCUT2D eigenvalue weighted by molar-refractivity contribution is 5.88. The largest absolute Gasteiger partial charge is 0.430 e. The van der Waals surface area contributed by atoms with Crippen molar-refractivity contribution in [3.05, 3.63) is 30.1 Å². The number of alkyl halides is 1. The van der Waals surface area contributed by atoms with Crippen LogP contribution in [0.1, 0.15) is 10.4 Å². The summed E-state index contributed by atoms with van der Waals surface area (Å²) in [5, 5.41) is 0. The third-order valence-electron chi connectivity index (χ3n) is 1.08. The minimum atomic E-state index is -1.10. The van der Waals surface area contributed by atoms with E-state index in [0.717, 1.165) is 0 Å². The van der Waals surface area contributed by atoms with Crippen molar-refractivity contribution in [2.75, 3.05) is 6.86 Å². The van der Waals surface area contributed by atoms with E-state index >= 15 is 0 Å². The molecule has 0 bridgehead atoms. The van der Waals surface area contributed by atoms with E-state index in [0.29, 0.717) is 0 Å². The highest BCUT2D eigenvalue weighted by Gasteiger charge is 2.04. The smallest absolute Gasteiger partial charge is 0.342 e. The molecule has 0 saturated heterocycles. The van der Waals surface area contributed by atoms with E-state index in [1.807, 2.05) is 0 Å². The molecule has 0 fully saturated rings. The molecule has 1 aromatic heterocycles. The van der Waals surface area contributed by atoms with Crippen LogP contribution in [0.3, 0.4) is 0 Å². The second-order valence-corrected chi connectivity index (χ2v) is 1.78. The van der Waals surface area contributed by atoms with Crippen LogP contribution in [0.2, 0.25) is 0 Å². The second-order valence-electron chi connectivity index (χ2n) is 1.78. The Hall–Kier alpha value is -1.45. The Morgan fingerprint density at radius 3 is 3.09 bits per heavy atom. The fraction of sp³-hybridized carbons (Fsp3) is 0.143. The van der Waals surface area contributed by atoms with E-state index in [2.05, 4.69) is 9.72 Å². The number of ether oxygens (including phenoxy) is 1. The number of carbonyl (C=O) groups excluding carboxylic acids is 1. The van der Waals surface area contributed by atoms with Gasteiger partial charge >= 0.3 is 5.97 Å². The van der Waals surface area contributed by atoms with E-state index in [4.69, 9.17) is 0 Å². The average Bonchev–Trinajstić information content (AvgIpc) is 2.07. The minimum Gasteiger partial charge on any atom is -0.430 e. The van der Waals surface area contributed by atoms with Gasteiger partial charge in [-0.05, 0) is 12.1 Å². The first-order chi connectivity index (χ1) is 5.34. The van der Waals surface area contributed by atoms with Gasteiger partial charge in [0.15, 0.2) is 0 Å². The zero-order chi connectivity index (χ0) is 8.10. The average molecular weight is 155 g/mol. The van der Waals surface area contributed by atoms with Crippen LogP contribution in [0.4, 0.5) is 4.39 Å². The van der Waals surface area contributed by atoms with Crippen molar-refractivity contribution in [1.29, 1.82) is 0 Å². The van der Waals surface area contributed by atoms with Crippen LogP contribution in [-0.4, -0.2) is 17.8 Å². The summed E-state index contributed by atoms with van der Waals surface area (Å²) < 4.78 is 15.5.